The van der Waals surface area contributed by atoms with Gasteiger partial charge in [0.05, 0.1) is 53.3 Å². The van der Waals surface area contributed by atoms with Crippen molar-refractivity contribution in [1.29, 1.82) is 0 Å². The second-order valence-corrected chi connectivity index (χ2v) is 15.7. The molecule has 0 aromatic heterocycles. The Bertz CT molecular complexity index is 1700. The monoisotopic (exact) mass is 639 g/mol. The number of nitrogens with zero attached hydrogens (tertiary/aromatic N) is 1. The minimum Gasteiger partial charge on any atom is -0.374 e. The molecule has 0 N–H and O–H groups in total. The second kappa shape index (κ2) is 14.2. The topological polar surface area (TPSA) is 66.4 Å². The minimum atomic E-state index is -2.72. The van der Waals surface area contributed by atoms with E-state index in [1.165, 1.54) is 0 Å². The van der Waals surface area contributed by atoms with Crippen molar-refractivity contribution in [3.8, 4) is 0 Å². The lowest BCUT2D eigenvalue weighted by Crippen LogP contribution is -2.57. The van der Waals surface area contributed by atoms with Crippen molar-refractivity contribution < 1.29 is 23.2 Å². The van der Waals surface area contributed by atoms with Gasteiger partial charge in [-0.3, -0.25) is 0 Å². The van der Waals surface area contributed by atoms with E-state index < -0.39 is 28.0 Å². The summed E-state index contributed by atoms with van der Waals surface area (Å²) in [4.78, 5) is 0.763. The average Bonchev–Trinajstić information content (AvgIpc) is 3.07. The number of fused-ring (bicyclic) bond motifs is 3. The van der Waals surface area contributed by atoms with E-state index in [9.17, 15) is 4.21 Å². The second-order valence-electron chi connectivity index (χ2n) is 13.3. The maximum absolute atomic E-state index is 14.6. The van der Waals surface area contributed by atoms with Gasteiger partial charge >= 0.3 is 0 Å². The molecule has 6 rings (SSSR count). The van der Waals surface area contributed by atoms with Crippen LogP contribution in [0.5, 0.6) is 0 Å². The summed E-state index contributed by atoms with van der Waals surface area (Å²) in [7, 11) is -1.05. The summed E-state index contributed by atoms with van der Waals surface area (Å²) in [6.45, 7) is 8.16. The Morgan fingerprint density at radius 1 is 0.761 bits per heavy atom. The van der Waals surface area contributed by atoms with Crippen molar-refractivity contribution in [2.45, 2.75) is 75.3 Å². The molecule has 0 amide bonds. The molecule has 1 fully saturated rings. The summed E-state index contributed by atoms with van der Waals surface area (Å²) < 4.78 is 46.1. The molecule has 0 spiro atoms. The van der Waals surface area contributed by atoms with Crippen LogP contribution >= 0.6 is 0 Å². The van der Waals surface area contributed by atoms with E-state index in [0.717, 1.165) is 32.7 Å². The van der Waals surface area contributed by atoms with Crippen LogP contribution in [0.4, 0.5) is 0 Å². The van der Waals surface area contributed by atoms with Gasteiger partial charge in [-0.2, -0.15) is 0 Å². The van der Waals surface area contributed by atoms with E-state index in [4.69, 9.17) is 18.9 Å². The molecule has 46 heavy (non-hydrogen) atoms. The number of hydrogen-bond acceptors (Lipinski definition) is 6. The Balaban J connectivity index is 1.40. The third kappa shape index (κ3) is 7.29. The molecule has 0 bridgehead atoms. The molecule has 1 unspecified atom stereocenters. The molecule has 7 heteroatoms. The molecule has 6 nitrogen and oxygen atoms in total. The highest BCUT2D eigenvalue weighted by atomic mass is 32.2. The summed E-state index contributed by atoms with van der Waals surface area (Å²) in [5.74, 6) is 0.0898. The molecule has 2 aliphatic heterocycles. The first-order valence-electron chi connectivity index (χ1n) is 16.1. The molecule has 2 aliphatic rings. The molecule has 0 saturated carbocycles. The molecule has 0 aliphatic carbocycles. The summed E-state index contributed by atoms with van der Waals surface area (Å²) in [6, 6.07) is 36.7. The molecule has 4 aromatic rings. The molecule has 242 valence electrons. The van der Waals surface area contributed by atoms with E-state index in [1.807, 2.05) is 60.7 Å². The average molecular weight is 640 g/mol. The number of hydrogen-bond donors (Lipinski definition) is 0. The highest BCUT2D eigenvalue weighted by molar-refractivity contribution is 7.93. The van der Waals surface area contributed by atoms with Gasteiger partial charge in [-0.25, -0.2) is 8.57 Å². The molecule has 0 radical (unpaired) electrons. The fourth-order valence-corrected chi connectivity index (χ4v) is 8.72. The van der Waals surface area contributed by atoms with Gasteiger partial charge < -0.3 is 18.9 Å². The van der Waals surface area contributed by atoms with Gasteiger partial charge in [0, 0.05) is 18.7 Å². The van der Waals surface area contributed by atoms with Crippen LogP contribution in [0.15, 0.2) is 118 Å². The first-order chi connectivity index (χ1) is 22.2. The van der Waals surface area contributed by atoms with E-state index in [2.05, 4.69) is 73.7 Å². The van der Waals surface area contributed by atoms with Gasteiger partial charge in [0.2, 0.25) is 0 Å². The predicted octanol–water partition coefficient (Wildman–Crippen LogP) is 7.90. The summed E-state index contributed by atoms with van der Waals surface area (Å²) in [5.41, 5.74) is 5.22. The molecule has 6 atom stereocenters. The Labute approximate surface area is 274 Å². The van der Waals surface area contributed by atoms with Crippen LogP contribution in [0.3, 0.4) is 0 Å². The summed E-state index contributed by atoms with van der Waals surface area (Å²) in [5, 5.41) is 0. The van der Waals surface area contributed by atoms with Crippen molar-refractivity contribution in [2.24, 2.45) is 10.3 Å². The van der Waals surface area contributed by atoms with Gasteiger partial charge in [-0.1, -0.05) is 124 Å². The highest BCUT2D eigenvalue weighted by Crippen LogP contribution is 2.48. The van der Waals surface area contributed by atoms with E-state index in [1.54, 1.807) is 7.05 Å². The molecule has 2 heterocycles. The first-order valence-corrected chi connectivity index (χ1v) is 17.8. The van der Waals surface area contributed by atoms with Crippen LogP contribution in [-0.2, 0) is 53.9 Å². The third-order valence-corrected chi connectivity index (χ3v) is 11.5. The van der Waals surface area contributed by atoms with Gasteiger partial charge in [-0.15, -0.1) is 0 Å². The number of ether oxygens (including phenoxy) is 4. The Morgan fingerprint density at radius 3 is 1.85 bits per heavy atom. The van der Waals surface area contributed by atoms with Gasteiger partial charge in [-0.05, 0) is 39.3 Å². The van der Waals surface area contributed by atoms with Crippen LogP contribution in [0.1, 0.15) is 54.7 Å². The standard InChI is InChI=1S/C39H45NO5S/c1-39(2,3)31-20-21-35-32(22-31)36-33(27-46(35,41)40-4)37(43-24-29-16-10-6-11-17-29)38(44-25-30-18-12-7-13-19-30)34(45-36)26-42-23-28-14-8-5-9-15-28/h5-22,33-34,36-38H,23-27H2,1-4H3/t33-,34+,36+,37+,38+,46?/m0/s1. The van der Waals surface area contributed by atoms with Crippen molar-refractivity contribution >= 4 is 9.73 Å². The Morgan fingerprint density at radius 2 is 1.30 bits per heavy atom. The lowest BCUT2D eigenvalue weighted by atomic mass is 9.81. The quantitative estimate of drug-likeness (QED) is 0.177. The number of benzene rings is 4. The maximum Gasteiger partial charge on any atom is 0.113 e. The zero-order valence-electron chi connectivity index (χ0n) is 27.2. The Kier molecular flexibility index (Phi) is 10.1. The van der Waals surface area contributed by atoms with Gasteiger partial charge in [0.15, 0.2) is 0 Å². The van der Waals surface area contributed by atoms with Crippen LogP contribution in [0, 0.1) is 5.92 Å². The van der Waals surface area contributed by atoms with E-state index in [0.29, 0.717) is 32.2 Å². The van der Waals surface area contributed by atoms with Crippen molar-refractivity contribution in [2.75, 3.05) is 19.4 Å². The van der Waals surface area contributed by atoms with Crippen LogP contribution in [0.2, 0.25) is 0 Å². The minimum absolute atomic E-state index is 0.0936. The summed E-state index contributed by atoms with van der Waals surface area (Å²) in [6.07, 6.45) is -1.65. The van der Waals surface area contributed by atoms with Crippen LogP contribution in [0.25, 0.3) is 0 Å². The van der Waals surface area contributed by atoms with Crippen molar-refractivity contribution in [1.82, 2.24) is 0 Å². The zero-order chi connectivity index (χ0) is 32.1. The maximum atomic E-state index is 14.6. The molecule has 1 saturated heterocycles. The predicted molar refractivity (Wildman–Crippen MR) is 182 cm³/mol. The fraction of sp³-hybridized carbons (Fsp3) is 0.385. The van der Waals surface area contributed by atoms with Gasteiger partial charge in [0.1, 0.15) is 12.2 Å². The van der Waals surface area contributed by atoms with Crippen molar-refractivity contribution in [3.63, 3.8) is 0 Å². The molecule has 4 aromatic carbocycles. The zero-order valence-corrected chi connectivity index (χ0v) is 28.0. The van der Waals surface area contributed by atoms with Crippen LogP contribution < -0.4 is 0 Å². The number of rotatable bonds is 10. The van der Waals surface area contributed by atoms with E-state index in [-0.39, 0.29) is 17.4 Å². The van der Waals surface area contributed by atoms with Crippen LogP contribution in [-0.4, -0.2) is 41.9 Å². The highest BCUT2D eigenvalue weighted by Gasteiger charge is 2.52. The molecular weight excluding hydrogens is 594 g/mol. The first kappa shape index (κ1) is 32.6. The summed E-state index contributed by atoms with van der Waals surface area (Å²) >= 11 is 0. The largest absolute Gasteiger partial charge is 0.374 e. The lowest BCUT2D eigenvalue weighted by Gasteiger charge is -2.49. The third-order valence-electron chi connectivity index (χ3n) is 9.03. The van der Waals surface area contributed by atoms with E-state index >= 15 is 0 Å². The molecular formula is C39H45NO5S. The lowest BCUT2D eigenvalue weighted by molar-refractivity contribution is -0.245. The SMILES string of the molecule is CN=S1(=O)C[C@@H]2[C@@H](OCc3ccccc3)[C@H](OCc3ccccc3)[C@@H](COCc3ccccc3)O[C@@H]2c2cc(C(C)(C)C)ccc21. The Hall–Kier alpha value is -3.33. The fourth-order valence-electron chi connectivity index (χ4n) is 6.49. The van der Waals surface area contributed by atoms with Gasteiger partial charge in [0.25, 0.3) is 0 Å². The normalized spacial score (nSPS) is 25.8. The van der Waals surface area contributed by atoms with Crippen molar-refractivity contribution in [3.05, 3.63) is 137 Å². The smallest absolute Gasteiger partial charge is 0.113 e.